The highest BCUT2D eigenvalue weighted by molar-refractivity contribution is 5.78. The highest BCUT2D eigenvalue weighted by Gasteiger charge is 2.24. The van der Waals surface area contributed by atoms with Crippen molar-refractivity contribution in [3.05, 3.63) is 0 Å². The van der Waals surface area contributed by atoms with Crippen LogP contribution in [-0.4, -0.2) is 43.2 Å². The Morgan fingerprint density at radius 2 is 2.20 bits per heavy atom. The molecule has 0 saturated carbocycles. The van der Waals surface area contributed by atoms with Gasteiger partial charge in [0.2, 0.25) is 0 Å². The number of nitrogens with zero attached hydrogens (tertiary/aromatic N) is 2. The third-order valence-electron chi connectivity index (χ3n) is 2.46. The molecule has 88 valence electrons. The largest absolute Gasteiger partial charge is 0.384 e. The molecule has 1 fully saturated rings. The second-order valence-electron chi connectivity index (χ2n) is 5.20. The molecule has 4 nitrogen and oxygen atoms in total. The van der Waals surface area contributed by atoms with Crippen molar-refractivity contribution in [2.75, 3.05) is 26.8 Å². The van der Waals surface area contributed by atoms with E-state index in [0.717, 1.165) is 26.1 Å². The molecule has 1 unspecified atom stereocenters. The minimum Gasteiger partial charge on any atom is -0.384 e. The van der Waals surface area contributed by atoms with Crippen molar-refractivity contribution < 1.29 is 4.74 Å². The van der Waals surface area contributed by atoms with Crippen LogP contribution < -0.4 is 5.73 Å². The van der Waals surface area contributed by atoms with Crippen molar-refractivity contribution in [3.8, 4) is 0 Å². The van der Waals surface area contributed by atoms with Crippen molar-refractivity contribution in [2.24, 2.45) is 16.6 Å². The number of nitrogens with two attached hydrogens (primary N) is 1. The molecule has 1 aliphatic heterocycles. The SMILES string of the molecule is COCC1CCN(C(N)=NC(C)(C)C)C1. The van der Waals surface area contributed by atoms with Gasteiger partial charge in [-0.25, -0.2) is 4.99 Å². The first kappa shape index (κ1) is 12.3. The van der Waals surface area contributed by atoms with Crippen LogP contribution in [0.15, 0.2) is 4.99 Å². The average Bonchev–Trinajstić information content (AvgIpc) is 2.50. The first-order chi connectivity index (χ1) is 6.92. The Morgan fingerprint density at radius 3 is 2.73 bits per heavy atom. The Morgan fingerprint density at radius 1 is 1.53 bits per heavy atom. The summed E-state index contributed by atoms with van der Waals surface area (Å²) >= 11 is 0. The molecule has 15 heavy (non-hydrogen) atoms. The maximum absolute atomic E-state index is 5.96. The first-order valence-electron chi connectivity index (χ1n) is 5.51. The van der Waals surface area contributed by atoms with Crippen LogP contribution in [0.2, 0.25) is 0 Å². The van der Waals surface area contributed by atoms with Crippen molar-refractivity contribution >= 4 is 5.96 Å². The normalized spacial score (nSPS) is 23.6. The standard InChI is InChI=1S/C11H23N3O/c1-11(2,3)13-10(12)14-6-5-9(7-14)8-15-4/h9H,5-8H2,1-4H3,(H2,12,13). The number of rotatable bonds is 2. The molecule has 0 aromatic carbocycles. The zero-order valence-electron chi connectivity index (χ0n) is 10.3. The molecular formula is C11H23N3O. The molecule has 0 radical (unpaired) electrons. The Labute approximate surface area is 92.5 Å². The lowest BCUT2D eigenvalue weighted by Gasteiger charge is -2.21. The summed E-state index contributed by atoms with van der Waals surface area (Å²) in [5.41, 5.74) is 5.86. The van der Waals surface area contributed by atoms with E-state index in [1.807, 2.05) is 0 Å². The van der Waals surface area contributed by atoms with Gasteiger partial charge in [-0.05, 0) is 27.2 Å². The fourth-order valence-electron chi connectivity index (χ4n) is 1.83. The van der Waals surface area contributed by atoms with Crippen LogP contribution in [0, 0.1) is 5.92 Å². The summed E-state index contributed by atoms with van der Waals surface area (Å²) in [6.07, 6.45) is 1.15. The van der Waals surface area contributed by atoms with Gasteiger partial charge in [0, 0.05) is 26.1 Å². The van der Waals surface area contributed by atoms with Crippen molar-refractivity contribution in [1.82, 2.24) is 4.90 Å². The van der Waals surface area contributed by atoms with Gasteiger partial charge in [-0.1, -0.05) is 0 Å². The summed E-state index contributed by atoms with van der Waals surface area (Å²) in [7, 11) is 1.75. The van der Waals surface area contributed by atoms with Gasteiger partial charge in [0.25, 0.3) is 0 Å². The summed E-state index contributed by atoms with van der Waals surface area (Å²) in [6, 6.07) is 0. The van der Waals surface area contributed by atoms with Crippen molar-refractivity contribution in [2.45, 2.75) is 32.7 Å². The van der Waals surface area contributed by atoms with E-state index in [4.69, 9.17) is 10.5 Å². The highest BCUT2D eigenvalue weighted by atomic mass is 16.5. The van der Waals surface area contributed by atoms with Crippen LogP contribution in [0.25, 0.3) is 0 Å². The van der Waals surface area contributed by atoms with E-state index in [-0.39, 0.29) is 5.54 Å². The number of guanidine groups is 1. The Hall–Kier alpha value is -0.770. The number of hydrogen-bond donors (Lipinski definition) is 1. The van der Waals surface area contributed by atoms with Crippen LogP contribution in [-0.2, 0) is 4.74 Å². The number of likely N-dealkylation sites (tertiary alicyclic amines) is 1. The monoisotopic (exact) mass is 213 g/mol. The van der Waals surface area contributed by atoms with Gasteiger partial charge in [-0.3, -0.25) is 0 Å². The summed E-state index contributed by atoms with van der Waals surface area (Å²) in [6.45, 7) is 8.96. The van der Waals surface area contributed by atoms with E-state index < -0.39 is 0 Å². The van der Waals surface area contributed by atoms with E-state index in [9.17, 15) is 0 Å². The van der Waals surface area contributed by atoms with Gasteiger partial charge in [-0.2, -0.15) is 0 Å². The molecule has 1 aliphatic rings. The van der Waals surface area contributed by atoms with Crippen molar-refractivity contribution in [1.29, 1.82) is 0 Å². The number of methoxy groups -OCH3 is 1. The van der Waals surface area contributed by atoms with Gasteiger partial charge < -0.3 is 15.4 Å². The molecule has 1 rings (SSSR count). The van der Waals surface area contributed by atoms with Gasteiger partial charge >= 0.3 is 0 Å². The van der Waals surface area contributed by atoms with E-state index in [2.05, 4.69) is 30.7 Å². The second-order valence-corrected chi connectivity index (χ2v) is 5.20. The number of ether oxygens (including phenoxy) is 1. The molecule has 1 atom stereocenters. The van der Waals surface area contributed by atoms with E-state index in [0.29, 0.717) is 11.9 Å². The summed E-state index contributed by atoms with van der Waals surface area (Å²) in [4.78, 5) is 6.61. The molecule has 4 heteroatoms. The smallest absolute Gasteiger partial charge is 0.191 e. The third-order valence-corrected chi connectivity index (χ3v) is 2.46. The quantitative estimate of drug-likeness (QED) is 0.551. The molecule has 2 N–H and O–H groups in total. The van der Waals surface area contributed by atoms with E-state index in [1.54, 1.807) is 7.11 Å². The highest BCUT2D eigenvalue weighted by Crippen LogP contribution is 2.17. The Bertz CT molecular complexity index is 232. The van der Waals surface area contributed by atoms with Gasteiger partial charge in [0.1, 0.15) is 0 Å². The lowest BCUT2D eigenvalue weighted by atomic mass is 10.1. The summed E-state index contributed by atoms with van der Waals surface area (Å²) in [5.74, 6) is 1.27. The predicted molar refractivity (Wildman–Crippen MR) is 62.9 cm³/mol. The summed E-state index contributed by atoms with van der Waals surface area (Å²) < 4.78 is 5.15. The third kappa shape index (κ3) is 4.08. The Kier molecular flexibility index (Phi) is 3.97. The van der Waals surface area contributed by atoms with Crippen LogP contribution in [0.1, 0.15) is 27.2 Å². The van der Waals surface area contributed by atoms with Gasteiger partial charge in [0.15, 0.2) is 5.96 Å². The van der Waals surface area contributed by atoms with Gasteiger partial charge in [0.05, 0.1) is 12.1 Å². The molecule has 1 saturated heterocycles. The number of hydrogen-bond acceptors (Lipinski definition) is 2. The van der Waals surface area contributed by atoms with Crippen LogP contribution in [0.4, 0.5) is 0 Å². The maximum Gasteiger partial charge on any atom is 0.191 e. The minimum atomic E-state index is -0.0938. The van der Waals surface area contributed by atoms with Gasteiger partial charge in [-0.15, -0.1) is 0 Å². The van der Waals surface area contributed by atoms with Crippen LogP contribution >= 0.6 is 0 Å². The summed E-state index contributed by atoms with van der Waals surface area (Å²) in [5, 5.41) is 0. The molecular weight excluding hydrogens is 190 g/mol. The maximum atomic E-state index is 5.96. The topological polar surface area (TPSA) is 50.9 Å². The molecule has 0 aromatic heterocycles. The van der Waals surface area contributed by atoms with Crippen LogP contribution in [0.5, 0.6) is 0 Å². The zero-order chi connectivity index (χ0) is 11.5. The predicted octanol–water partition coefficient (Wildman–Crippen LogP) is 1.07. The second kappa shape index (κ2) is 4.84. The minimum absolute atomic E-state index is 0.0938. The van der Waals surface area contributed by atoms with Crippen molar-refractivity contribution in [3.63, 3.8) is 0 Å². The molecule has 1 heterocycles. The lowest BCUT2D eigenvalue weighted by molar-refractivity contribution is 0.157. The van der Waals surface area contributed by atoms with E-state index >= 15 is 0 Å². The fourth-order valence-corrected chi connectivity index (χ4v) is 1.83. The molecule has 0 aliphatic carbocycles. The molecule has 0 spiro atoms. The molecule has 0 aromatic rings. The zero-order valence-corrected chi connectivity index (χ0v) is 10.3. The average molecular weight is 213 g/mol. The first-order valence-corrected chi connectivity index (χ1v) is 5.51. The number of aliphatic imine (C=N–C) groups is 1. The lowest BCUT2D eigenvalue weighted by Crippen LogP contribution is -2.37. The molecule has 0 bridgehead atoms. The Balaban J connectivity index is 2.50. The molecule has 0 amide bonds. The van der Waals surface area contributed by atoms with E-state index in [1.165, 1.54) is 0 Å². The fraction of sp³-hybridized carbons (Fsp3) is 0.909. The van der Waals surface area contributed by atoms with Crippen LogP contribution in [0.3, 0.4) is 0 Å².